The van der Waals surface area contributed by atoms with Gasteiger partial charge in [-0.25, -0.2) is 9.37 Å². The molecule has 1 aromatic carbocycles. The van der Waals surface area contributed by atoms with Crippen LogP contribution >= 0.6 is 11.6 Å². The Morgan fingerprint density at radius 2 is 2.10 bits per heavy atom. The summed E-state index contributed by atoms with van der Waals surface area (Å²) in [6.07, 6.45) is 0. The predicted octanol–water partition coefficient (Wildman–Crippen LogP) is 4.17. The molecule has 0 aliphatic heterocycles. The molecule has 0 saturated heterocycles. The summed E-state index contributed by atoms with van der Waals surface area (Å²) in [7, 11) is 0. The first-order valence-corrected chi connectivity index (χ1v) is 6.88. The van der Waals surface area contributed by atoms with Crippen molar-refractivity contribution in [2.45, 2.75) is 26.3 Å². The van der Waals surface area contributed by atoms with Crippen LogP contribution in [0.2, 0.25) is 0 Å². The Labute approximate surface area is 121 Å². The minimum absolute atomic E-state index is 0.253. The standard InChI is InChI=1S/C15H14ClFN2O/c1-9-5-14-13(6-12(9)17)18-15(7-16)19(14)8-11-4-3-10(2)20-11/h3-6H,7-8H2,1-2H3. The third-order valence-electron chi connectivity index (χ3n) is 3.34. The maximum absolute atomic E-state index is 13.6. The van der Waals surface area contributed by atoms with Crippen molar-refractivity contribution in [2.75, 3.05) is 0 Å². The highest BCUT2D eigenvalue weighted by Crippen LogP contribution is 2.23. The molecule has 20 heavy (non-hydrogen) atoms. The van der Waals surface area contributed by atoms with Gasteiger partial charge in [0.1, 0.15) is 23.2 Å². The Morgan fingerprint density at radius 1 is 1.30 bits per heavy atom. The molecule has 0 spiro atoms. The Morgan fingerprint density at radius 3 is 2.75 bits per heavy atom. The van der Waals surface area contributed by atoms with Crippen LogP contribution in [0.5, 0.6) is 0 Å². The molecule has 0 amide bonds. The van der Waals surface area contributed by atoms with Crippen molar-refractivity contribution in [2.24, 2.45) is 0 Å². The fourth-order valence-corrected chi connectivity index (χ4v) is 2.51. The first-order valence-electron chi connectivity index (χ1n) is 6.35. The Bertz CT molecular complexity index is 776. The minimum atomic E-state index is -0.253. The Balaban J connectivity index is 2.14. The number of aryl methyl sites for hydroxylation is 2. The van der Waals surface area contributed by atoms with Crippen LogP contribution in [0, 0.1) is 19.7 Å². The second-order valence-corrected chi connectivity index (χ2v) is 5.12. The van der Waals surface area contributed by atoms with Crippen molar-refractivity contribution in [3.05, 3.63) is 53.0 Å². The van der Waals surface area contributed by atoms with Gasteiger partial charge >= 0.3 is 0 Å². The number of fused-ring (bicyclic) bond motifs is 1. The summed E-state index contributed by atoms with van der Waals surface area (Å²) >= 11 is 5.95. The van der Waals surface area contributed by atoms with Crippen molar-refractivity contribution in [3.8, 4) is 0 Å². The van der Waals surface area contributed by atoms with Gasteiger partial charge in [-0.15, -0.1) is 11.6 Å². The van der Waals surface area contributed by atoms with E-state index in [4.69, 9.17) is 16.0 Å². The number of imidazole rings is 1. The van der Waals surface area contributed by atoms with E-state index in [0.29, 0.717) is 23.4 Å². The van der Waals surface area contributed by atoms with Crippen LogP contribution in [0.3, 0.4) is 0 Å². The molecule has 2 heterocycles. The molecule has 0 fully saturated rings. The van der Waals surface area contributed by atoms with E-state index < -0.39 is 0 Å². The normalized spacial score (nSPS) is 11.4. The van der Waals surface area contributed by atoms with Crippen LogP contribution in [0.1, 0.15) is 22.9 Å². The molecule has 3 rings (SSSR count). The van der Waals surface area contributed by atoms with Crippen LogP contribution in [0.15, 0.2) is 28.7 Å². The molecule has 3 aromatic rings. The third-order valence-corrected chi connectivity index (χ3v) is 3.58. The summed E-state index contributed by atoms with van der Waals surface area (Å²) < 4.78 is 21.2. The highest BCUT2D eigenvalue weighted by Gasteiger charge is 2.13. The van der Waals surface area contributed by atoms with Crippen molar-refractivity contribution in [1.29, 1.82) is 0 Å². The predicted molar refractivity (Wildman–Crippen MR) is 76.5 cm³/mol. The molecule has 3 nitrogen and oxygen atoms in total. The number of halogens is 2. The van der Waals surface area contributed by atoms with E-state index in [1.807, 2.05) is 23.6 Å². The smallest absolute Gasteiger partial charge is 0.128 e. The molecule has 0 saturated carbocycles. The zero-order valence-electron chi connectivity index (χ0n) is 11.3. The van der Waals surface area contributed by atoms with Crippen LogP contribution < -0.4 is 0 Å². The van der Waals surface area contributed by atoms with Crippen LogP contribution in [-0.4, -0.2) is 9.55 Å². The Kier molecular flexibility index (Phi) is 3.26. The van der Waals surface area contributed by atoms with Gasteiger partial charge in [-0.3, -0.25) is 0 Å². The van der Waals surface area contributed by atoms with E-state index in [9.17, 15) is 4.39 Å². The summed E-state index contributed by atoms with van der Waals surface area (Å²) in [6.45, 7) is 4.18. The first-order chi connectivity index (χ1) is 9.58. The highest BCUT2D eigenvalue weighted by atomic mass is 35.5. The lowest BCUT2D eigenvalue weighted by Crippen LogP contribution is -2.03. The molecule has 5 heteroatoms. The quantitative estimate of drug-likeness (QED) is 0.678. The number of alkyl halides is 1. The number of furan rings is 1. The van der Waals surface area contributed by atoms with Gasteiger partial charge in [0.05, 0.1) is 23.5 Å². The molecule has 0 atom stereocenters. The number of hydrogen-bond donors (Lipinski definition) is 0. The lowest BCUT2D eigenvalue weighted by Gasteiger charge is -2.06. The van der Waals surface area contributed by atoms with Gasteiger partial charge in [0.2, 0.25) is 0 Å². The van der Waals surface area contributed by atoms with Gasteiger partial charge in [0.25, 0.3) is 0 Å². The second kappa shape index (κ2) is 4.94. The molecule has 104 valence electrons. The fraction of sp³-hybridized carbons (Fsp3) is 0.267. The van der Waals surface area contributed by atoms with E-state index in [1.165, 1.54) is 6.07 Å². The van der Waals surface area contributed by atoms with Crippen molar-refractivity contribution < 1.29 is 8.81 Å². The number of hydrogen-bond acceptors (Lipinski definition) is 2. The number of nitrogens with zero attached hydrogens (tertiary/aromatic N) is 2. The molecular weight excluding hydrogens is 279 g/mol. The maximum atomic E-state index is 13.6. The topological polar surface area (TPSA) is 31.0 Å². The zero-order valence-corrected chi connectivity index (χ0v) is 12.0. The van der Waals surface area contributed by atoms with Crippen molar-refractivity contribution in [1.82, 2.24) is 9.55 Å². The summed E-state index contributed by atoms with van der Waals surface area (Å²) in [6, 6.07) is 7.09. The van der Waals surface area contributed by atoms with Gasteiger partial charge in [-0.05, 0) is 37.6 Å². The van der Waals surface area contributed by atoms with Crippen LogP contribution in [0.25, 0.3) is 11.0 Å². The molecule has 0 aliphatic carbocycles. The van der Waals surface area contributed by atoms with Gasteiger partial charge < -0.3 is 8.98 Å². The number of benzene rings is 1. The lowest BCUT2D eigenvalue weighted by molar-refractivity contribution is 0.470. The third kappa shape index (κ3) is 2.20. The largest absolute Gasteiger partial charge is 0.464 e. The lowest BCUT2D eigenvalue weighted by atomic mass is 10.2. The molecule has 0 N–H and O–H groups in total. The Hall–Kier alpha value is -1.81. The molecular formula is C15H14ClFN2O. The average Bonchev–Trinajstić information content (AvgIpc) is 2.96. The molecule has 0 radical (unpaired) electrons. The van der Waals surface area contributed by atoms with Gasteiger partial charge in [0.15, 0.2) is 0 Å². The van der Waals surface area contributed by atoms with Crippen molar-refractivity contribution in [3.63, 3.8) is 0 Å². The van der Waals surface area contributed by atoms with Gasteiger partial charge in [-0.1, -0.05) is 0 Å². The second-order valence-electron chi connectivity index (χ2n) is 4.85. The first kappa shape index (κ1) is 13.2. The molecule has 0 bridgehead atoms. The molecule has 0 aliphatic rings. The van der Waals surface area contributed by atoms with E-state index in [0.717, 1.165) is 17.0 Å². The summed E-state index contributed by atoms with van der Waals surface area (Å²) in [5, 5.41) is 0. The van der Waals surface area contributed by atoms with E-state index >= 15 is 0 Å². The van der Waals surface area contributed by atoms with Crippen LogP contribution in [-0.2, 0) is 12.4 Å². The van der Waals surface area contributed by atoms with E-state index in [-0.39, 0.29) is 11.7 Å². The fourth-order valence-electron chi connectivity index (χ4n) is 2.30. The average molecular weight is 293 g/mol. The maximum Gasteiger partial charge on any atom is 0.128 e. The number of rotatable bonds is 3. The zero-order chi connectivity index (χ0) is 14.3. The summed E-state index contributed by atoms with van der Waals surface area (Å²) in [4.78, 5) is 4.39. The number of aromatic nitrogens is 2. The summed E-state index contributed by atoms with van der Waals surface area (Å²) in [5.74, 6) is 2.42. The van der Waals surface area contributed by atoms with Gasteiger partial charge in [-0.2, -0.15) is 0 Å². The monoisotopic (exact) mass is 292 g/mol. The van der Waals surface area contributed by atoms with Crippen LogP contribution in [0.4, 0.5) is 4.39 Å². The van der Waals surface area contributed by atoms with E-state index in [2.05, 4.69) is 4.98 Å². The highest BCUT2D eigenvalue weighted by molar-refractivity contribution is 6.16. The van der Waals surface area contributed by atoms with E-state index in [1.54, 1.807) is 13.0 Å². The van der Waals surface area contributed by atoms with Gasteiger partial charge in [0, 0.05) is 6.07 Å². The SMILES string of the molecule is Cc1ccc(Cn2c(CCl)nc3cc(F)c(C)cc32)o1. The molecule has 2 aromatic heterocycles. The van der Waals surface area contributed by atoms with Crippen molar-refractivity contribution >= 4 is 22.6 Å². The molecule has 0 unspecified atom stereocenters. The minimum Gasteiger partial charge on any atom is -0.464 e. The summed E-state index contributed by atoms with van der Waals surface area (Å²) in [5.41, 5.74) is 2.08.